The molecule has 2 rings (SSSR count). The summed E-state index contributed by atoms with van der Waals surface area (Å²) in [5.41, 5.74) is 2.12. The summed E-state index contributed by atoms with van der Waals surface area (Å²) in [6, 6.07) is 7.96. The van der Waals surface area contributed by atoms with Gasteiger partial charge in [0.1, 0.15) is 12.4 Å². The van der Waals surface area contributed by atoms with Crippen LogP contribution < -0.4 is 4.57 Å². The number of aromatic nitrogens is 2. The van der Waals surface area contributed by atoms with E-state index in [1.165, 1.54) is 5.56 Å². The van der Waals surface area contributed by atoms with Gasteiger partial charge in [-0.05, 0) is 12.5 Å². The molecule has 3 heteroatoms. The average Bonchev–Trinajstić information content (AvgIpc) is 2.59. The van der Waals surface area contributed by atoms with Crippen LogP contribution in [0.15, 0.2) is 36.7 Å². The Balaban J connectivity index is 2.39. The predicted octanol–water partition coefficient (Wildman–Crippen LogP) is 1.24. The third-order valence-corrected chi connectivity index (χ3v) is 2.87. The van der Waals surface area contributed by atoms with Gasteiger partial charge in [0, 0.05) is 0 Å². The zero-order valence-corrected chi connectivity index (χ0v) is 9.88. The summed E-state index contributed by atoms with van der Waals surface area (Å²) in [4.78, 5) is 0. The minimum absolute atomic E-state index is 0.578. The van der Waals surface area contributed by atoms with Crippen molar-refractivity contribution in [1.82, 2.24) is 4.57 Å². The number of aliphatic hydroxyl groups is 1. The zero-order chi connectivity index (χ0) is 11.7. The van der Waals surface area contributed by atoms with Gasteiger partial charge in [-0.1, -0.05) is 29.8 Å². The first-order chi connectivity index (χ1) is 7.59. The second kappa shape index (κ2) is 4.10. The van der Waals surface area contributed by atoms with Crippen LogP contribution in [0.25, 0.3) is 0 Å². The SMILES string of the molecule is Cc1ccc(C(O)c2n(C)cc[n+]2C)cc1. The van der Waals surface area contributed by atoms with Gasteiger partial charge in [0.25, 0.3) is 5.82 Å². The van der Waals surface area contributed by atoms with Crippen LogP contribution in [-0.4, -0.2) is 9.67 Å². The number of benzene rings is 1. The van der Waals surface area contributed by atoms with E-state index in [1.807, 2.05) is 66.8 Å². The van der Waals surface area contributed by atoms with E-state index in [0.717, 1.165) is 11.4 Å². The molecule has 1 aromatic heterocycles. The molecule has 1 atom stereocenters. The third kappa shape index (κ3) is 1.86. The summed E-state index contributed by atoms with van der Waals surface area (Å²) in [7, 11) is 3.87. The number of aliphatic hydroxyl groups excluding tert-OH is 1. The van der Waals surface area contributed by atoms with Gasteiger partial charge in [-0.25, -0.2) is 9.13 Å². The first-order valence-corrected chi connectivity index (χ1v) is 5.35. The maximum absolute atomic E-state index is 10.3. The number of hydrogen-bond donors (Lipinski definition) is 1. The largest absolute Gasteiger partial charge is 0.376 e. The molecule has 0 amide bonds. The van der Waals surface area contributed by atoms with E-state index in [0.29, 0.717) is 0 Å². The summed E-state index contributed by atoms with van der Waals surface area (Å²) in [5, 5.41) is 10.3. The van der Waals surface area contributed by atoms with Crippen molar-refractivity contribution in [1.29, 1.82) is 0 Å². The summed E-state index contributed by atoms with van der Waals surface area (Å²) in [6.45, 7) is 2.04. The summed E-state index contributed by atoms with van der Waals surface area (Å²) in [5.74, 6) is 0.879. The standard InChI is InChI=1S/C13H17N2O/c1-10-4-6-11(7-5-10)12(16)13-14(2)8-9-15(13)3/h4-9,12,16H,1-3H3/q+1. The minimum atomic E-state index is -0.578. The lowest BCUT2D eigenvalue weighted by Gasteiger charge is -2.08. The van der Waals surface area contributed by atoms with Crippen LogP contribution in [-0.2, 0) is 14.1 Å². The van der Waals surface area contributed by atoms with E-state index in [1.54, 1.807) is 0 Å². The van der Waals surface area contributed by atoms with Crippen molar-refractivity contribution in [2.45, 2.75) is 13.0 Å². The van der Waals surface area contributed by atoms with Crippen molar-refractivity contribution < 1.29 is 9.67 Å². The van der Waals surface area contributed by atoms with Crippen LogP contribution in [0.5, 0.6) is 0 Å². The van der Waals surface area contributed by atoms with E-state index in [4.69, 9.17) is 0 Å². The minimum Gasteiger partial charge on any atom is -0.376 e. The highest BCUT2D eigenvalue weighted by Gasteiger charge is 2.23. The second-order valence-electron chi connectivity index (χ2n) is 4.19. The Morgan fingerprint density at radius 1 is 1.25 bits per heavy atom. The van der Waals surface area contributed by atoms with Gasteiger partial charge >= 0.3 is 0 Å². The van der Waals surface area contributed by atoms with Gasteiger partial charge in [-0.15, -0.1) is 0 Å². The van der Waals surface area contributed by atoms with Crippen LogP contribution in [0.4, 0.5) is 0 Å². The van der Waals surface area contributed by atoms with Gasteiger partial charge in [-0.2, -0.15) is 0 Å². The van der Waals surface area contributed by atoms with Gasteiger partial charge < -0.3 is 5.11 Å². The molecule has 1 heterocycles. The molecule has 2 aromatic rings. The normalized spacial score (nSPS) is 12.8. The Kier molecular flexibility index (Phi) is 2.79. The molecule has 1 aromatic carbocycles. The van der Waals surface area contributed by atoms with Gasteiger partial charge in [-0.3, -0.25) is 0 Å². The summed E-state index contributed by atoms with van der Waals surface area (Å²) in [6.07, 6.45) is 3.30. The lowest BCUT2D eigenvalue weighted by atomic mass is 10.1. The molecule has 0 aliphatic heterocycles. The monoisotopic (exact) mass is 217 g/mol. The second-order valence-corrected chi connectivity index (χ2v) is 4.19. The molecule has 16 heavy (non-hydrogen) atoms. The Hall–Kier alpha value is -1.61. The highest BCUT2D eigenvalue weighted by molar-refractivity contribution is 5.25. The van der Waals surface area contributed by atoms with Crippen molar-refractivity contribution >= 4 is 0 Å². The average molecular weight is 217 g/mol. The maximum atomic E-state index is 10.3. The van der Waals surface area contributed by atoms with E-state index in [2.05, 4.69) is 0 Å². The first-order valence-electron chi connectivity index (χ1n) is 5.35. The Morgan fingerprint density at radius 2 is 1.88 bits per heavy atom. The molecule has 0 radical (unpaired) electrons. The molecule has 0 bridgehead atoms. The van der Waals surface area contributed by atoms with E-state index < -0.39 is 6.10 Å². The predicted molar refractivity (Wildman–Crippen MR) is 61.8 cm³/mol. The number of nitrogens with zero attached hydrogens (tertiary/aromatic N) is 2. The van der Waals surface area contributed by atoms with Crippen molar-refractivity contribution in [3.8, 4) is 0 Å². The fourth-order valence-corrected chi connectivity index (χ4v) is 1.89. The van der Waals surface area contributed by atoms with Crippen molar-refractivity contribution in [3.05, 3.63) is 53.6 Å². The molecule has 3 nitrogen and oxygen atoms in total. The maximum Gasteiger partial charge on any atom is 0.290 e. The lowest BCUT2D eigenvalue weighted by Crippen LogP contribution is -2.34. The molecule has 0 aliphatic rings. The van der Waals surface area contributed by atoms with Crippen LogP contribution in [0, 0.1) is 6.92 Å². The van der Waals surface area contributed by atoms with E-state index >= 15 is 0 Å². The van der Waals surface area contributed by atoms with Crippen LogP contribution in [0.2, 0.25) is 0 Å². The quantitative estimate of drug-likeness (QED) is 0.753. The number of hydrogen-bond acceptors (Lipinski definition) is 1. The van der Waals surface area contributed by atoms with E-state index in [9.17, 15) is 5.11 Å². The molecular formula is C13H17N2O+. The van der Waals surface area contributed by atoms with Crippen molar-refractivity contribution in [3.63, 3.8) is 0 Å². The first kappa shape index (κ1) is 10.9. The molecule has 0 aliphatic carbocycles. The summed E-state index contributed by atoms with van der Waals surface area (Å²) < 4.78 is 3.87. The molecule has 0 spiro atoms. The molecule has 1 unspecified atom stereocenters. The highest BCUT2D eigenvalue weighted by Crippen LogP contribution is 2.19. The number of rotatable bonds is 2. The topological polar surface area (TPSA) is 29.0 Å². The van der Waals surface area contributed by atoms with Crippen LogP contribution in [0.3, 0.4) is 0 Å². The molecule has 84 valence electrons. The van der Waals surface area contributed by atoms with E-state index in [-0.39, 0.29) is 0 Å². The zero-order valence-electron chi connectivity index (χ0n) is 9.88. The smallest absolute Gasteiger partial charge is 0.290 e. The lowest BCUT2D eigenvalue weighted by molar-refractivity contribution is -0.681. The fraction of sp³-hybridized carbons (Fsp3) is 0.308. The molecule has 0 saturated heterocycles. The molecule has 0 saturated carbocycles. The Morgan fingerprint density at radius 3 is 2.38 bits per heavy atom. The fourth-order valence-electron chi connectivity index (χ4n) is 1.89. The van der Waals surface area contributed by atoms with Crippen LogP contribution >= 0.6 is 0 Å². The molecule has 1 N–H and O–H groups in total. The van der Waals surface area contributed by atoms with Crippen molar-refractivity contribution in [2.24, 2.45) is 14.1 Å². The van der Waals surface area contributed by atoms with Gasteiger partial charge in [0.15, 0.2) is 6.10 Å². The Labute approximate surface area is 95.6 Å². The van der Waals surface area contributed by atoms with Crippen LogP contribution in [0.1, 0.15) is 23.1 Å². The van der Waals surface area contributed by atoms with Gasteiger partial charge in [0.2, 0.25) is 0 Å². The van der Waals surface area contributed by atoms with Crippen molar-refractivity contribution in [2.75, 3.05) is 0 Å². The Bertz CT molecular complexity index is 466. The molecule has 0 fully saturated rings. The number of imidazole rings is 1. The summed E-state index contributed by atoms with van der Waals surface area (Å²) >= 11 is 0. The number of aryl methyl sites for hydroxylation is 3. The highest BCUT2D eigenvalue weighted by atomic mass is 16.3. The third-order valence-electron chi connectivity index (χ3n) is 2.87. The van der Waals surface area contributed by atoms with Gasteiger partial charge in [0.05, 0.1) is 14.1 Å². The molecular weight excluding hydrogens is 200 g/mol.